The Morgan fingerprint density at radius 1 is 1.26 bits per heavy atom. The lowest BCUT2D eigenvalue weighted by Gasteiger charge is -2.07. The third-order valence-corrected chi connectivity index (χ3v) is 15.4. The molecule has 0 heterocycles. The van der Waals surface area contributed by atoms with E-state index in [1.165, 1.54) is 7.11 Å². The van der Waals surface area contributed by atoms with Gasteiger partial charge in [0, 0.05) is 15.1 Å². The minimum absolute atomic E-state index is 0.226. The molecule has 4 unspecified atom stereocenters. The van der Waals surface area contributed by atoms with Crippen molar-refractivity contribution in [1.29, 1.82) is 0 Å². The number of esters is 1. The quantitative estimate of drug-likeness (QED) is 0.345. The molecule has 0 bridgehead atoms. The highest BCUT2D eigenvalue weighted by Crippen LogP contribution is 2.71. The van der Waals surface area contributed by atoms with Crippen molar-refractivity contribution in [3.8, 4) is 11.1 Å². The smallest absolute Gasteiger partial charge is 0.337 e. The first-order valence-corrected chi connectivity index (χ1v) is 15.7. The van der Waals surface area contributed by atoms with Gasteiger partial charge in [-0.3, -0.25) is 0 Å². The first-order valence-electron chi connectivity index (χ1n) is 6.28. The number of hydrogen-bond acceptors (Lipinski definition) is 2. The Bertz CT molecular complexity index is 669. The maximum Gasteiger partial charge on any atom is 0.337 e. The van der Waals surface area contributed by atoms with Crippen LogP contribution >= 0.6 is 69.3 Å². The van der Waals surface area contributed by atoms with Crippen LogP contribution in [0.25, 0.3) is 11.1 Å². The molecule has 0 spiro atoms. The molecular weight excluding hydrogens is 470 g/mol. The standard InChI is InChI=1S/C14H10BrClO2.H7P5/c1-18-14(17)10-5-6-12(13(16)8-10)9-3-2-4-11(15)7-9;1-4-5(2)3/h2-8H,1H3;4H,1-3H2. The molecular formula is C14H17BrClO2P5. The van der Waals surface area contributed by atoms with Crippen molar-refractivity contribution in [3.63, 3.8) is 0 Å². The largest absolute Gasteiger partial charge is 0.465 e. The van der Waals surface area contributed by atoms with E-state index in [9.17, 15) is 4.79 Å². The number of rotatable bonds is 3. The van der Waals surface area contributed by atoms with Crippen LogP contribution in [0.4, 0.5) is 0 Å². The number of methoxy groups -OCH3 is 1. The van der Waals surface area contributed by atoms with E-state index in [-0.39, 0.29) is 6.99 Å². The number of halogens is 2. The summed E-state index contributed by atoms with van der Waals surface area (Å²) in [5.74, 6) is -0.391. The van der Waals surface area contributed by atoms with Gasteiger partial charge in [-0.2, -0.15) is 0 Å². The summed E-state index contributed by atoms with van der Waals surface area (Å²) >= 11 is 9.61. The highest BCUT2D eigenvalue weighted by Gasteiger charge is 2.10. The summed E-state index contributed by atoms with van der Waals surface area (Å²) < 4.78 is 5.63. The third-order valence-electron chi connectivity index (χ3n) is 2.67. The molecule has 4 atom stereocenters. The summed E-state index contributed by atoms with van der Waals surface area (Å²) in [5.41, 5.74) is 2.32. The van der Waals surface area contributed by atoms with Gasteiger partial charge >= 0.3 is 5.97 Å². The zero-order valence-electron chi connectivity index (χ0n) is 12.3. The van der Waals surface area contributed by atoms with Gasteiger partial charge in [-0.15, -0.1) is 26.8 Å². The molecule has 0 saturated heterocycles. The van der Waals surface area contributed by atoms with Gasteiger partial charge in [0.15, 0.2) is 0 Å². The molecule has 0 aliphatic rings. The molecule has 124 valence electrons. The van der Waals surface area contributed by atoms with E-state index in [0.29, 0.717) is 10.6 Å². The van der Waals surface area contributed by atoms with Crippen LogP contribution in [-0.4, -0.2) is 13.1 Å². The summed E-state index contributed by atoms with van der Waals surface area (Å²) in [6, 6.07) is 12.9. The van der Waals surface area contributed by atoms with E-state index < -0.39 is 5.97 Å². The van der Waals surface area contributed by atoms with E-state index in [0.717, 1.165) is 23.6 Å². The zero-order chi connectivity index (χ0) is 17.4. The molecule has 0 saturated carbocycles. The predicted molar refractivity (Wildman–Crippen MR) is 120 cm³/mol. The number of hydrogen-bond donors (Lipinski definition) is 0. The Morgan fingerprint density at radius 2 is 1.91 bits per heavy atom. The van der Waals surface area contributed by atoms with E-state index in [1.54, 1.807) is 12.1 Å². The average molecular weight is 488 g/mol. The van der Waals surface area contributed by atoms with Crippen molar-refractivity contribution in [2.45, 2.75) is 0 Å². The summed E-state index contributed by atoms with van der Waals surface area (Å²) in [6.45, 7) is 0.226. The van der Waals surface area contributed by atoms with Crippen LogP contribution in [0.1, 0.15) is 10.4 Å². The molecule has 2 aromatic rings. The van der Waals surface area contributed by atoms with Gasteiger partial charge in [-0.1, -0.05) is 53.7 Å². The Hall–Kier alpha value is 0.830. The monoisotopic (exact) mass is 486 g/mol. The Morgan fingerprint density at radius 3 is 2.39 bits per heavy atom. The van der Waals surface area contributed by atoms with Crippen molar-refractivity contribution < 1.29 is 9.53 Å². The lowest BCUT2D eigenvalue weighted by molar-refractivity contribution is 0.0601. The zero-order valence-corrected chi connectivity index (χ0v) is 20.0. The van der Waals surface area contributed by atoms with E-state index in [1.807, 2.05) is 30.3 Å². The van der Waals surface area contributed by atoms with Crippen molar-refractivity contribution >= 4 is 75.2 Å². The topological polar surface area (TPSA) is 26.3 Å². The first-order chi connectivity index (χ1) is 10.9. The fourth-order valence-corrected chi connectivity index (χ4v) is 2.34. The Kier molecular flexibility index (Phi) is 10.9. The van der Waals surface area contributed by atoms with Gasteiger partial charge in [0.25, 0.3) is 0 Å². The molecule has 0 amide bonds. The molecule has 0 aliphatic heterocycles. The van der Waals surface area contributed by atoms with Gasteiger partial charge in [0.05, 0.1) is 12.7 Å². The minimum atomic E-state index is -0.391. The molecule has 0 aliphatic carbocycles. The number of carbonyl (C=O) groups excluding carboxylic acids is 1. The maximum atomic E-state index is 11.4. The van der Waals surface area contributed by atoms with Crippen LogP contribution in [0.3, 0.4) is 0 Å². The van der Waals surface area contributed by atoms with Crippen molar-refractivity contribution in [3.05, 3.63) is 57.5 Å². The van der Waals surface area contributed by atoms with Crippen molar-refractivity contribution in [1.82, 2.24) is 0 Å². The van der Waals surface area contributed by atoms with Crippen molar-refractivity contribution in [2.75, 3.05) is 7.11 Å². The van der Waals surface area contributed by atoms with E-state index in [4.69, 9.17) is 11.6 Å². The lowest BCUT2D eigenvalue weighted by Crippen LogP contribution is -2.00. The molecule has 2 nitrogen and oxygen atoms in total. The van der Waals surface area contributed by atoms with Gasteiger partial charge in [0.2, 0.25) is 0 Å². The van der Waals surface area contributed by atoms with Crippen LogP contribution in [0.5, 0.6) is 0 Å². The van der Waals surface area contributed by atoms with Gasteiger partial charge in [-0.05, 0) is 36.8 Å². The fourth-order valence-electron chi connectivity index (χ4n) is 1.65. The lowest BCUT2D eigenvalue weighted by atomic mass is 10.0. The third kappa shape index (κ3) is 7.72. The molecule has 0 radical (unpaired) electrons. The average Bonchev–Trinajstić information content (AvgIpc) is 2.54. The number of ether oxygens (including phenoxy) is 1. The summed E-state index contributed by atoms with van der Waals surface area (Å²) in [5, 5.41) is 0.524. The second kappa shape index (κ2) is 11.4. The maximum absolute atomic E-state index is 11.4. The first kappa shape index (κ1) is 21.9. The molecule has 23 heavy (non-hydrogen) atoms. The molecule has 0 fully saturated rings. The second-order valence-corrected chi connectivity index (χ2v) is 19.5. The fraction of sp³-hybridized carbons (Fsp3) is 0.0714. The molecule has 2 aromatic carbocycles. The summed E-state index contributed by atoms with van der Waals surface area (Å²) in [7, 11) is 10.6. The van der Waals surface area contributed by atoms with Gasteiger partial charge in [0.1, 0.15) is 0 Å². The van der Waals surface area contributed by atoms with Gasteiger partial charge < -0.3 is 4.74 Å². The van der Waals surface area contributed by atoms with E-state index in [2.05, 4.69) is 47.5 Å². The van der Waals surface area contributed by atoms with Crippen LogP contribution in [0.2, 0.25) is 5.02 Å². The van der Waals surface area contributed by atoms with Crippen LogP contribution < -0.4 is 0 Å². The molecule has 9 heteroatoms. The Labute approximate surface area is 160 Å². The minimum Gasteiger partial charge on any atom is -0.465 e. The number of carbonyl (C=O) groups is 1. The van der Waals surface area contributed by atoms with Crippen LogP contribution in [0.15, 0.2) is 46.9 Å². The molecule has 2 rings (SSSR count). The summed E-state index contributed by atoms with van der Waals surface area (Å²) in [6.07, 6.45) is 0. The second-order valence-electron chi connectivity index (χ2n) is 4.23. The van der Waals surface area contributed by atoms with E-state index >= 15 is 0 Å². The highest BCUT2D eigenvalue weighted by molar-refractivity contribution is 9.10. The van der Waals surface area contributed by atoms with Gasteiger partial charge in [-0.25, -0.2) is 4.79 Å². The SMILES string of the molecule is COC(=O)c1ccc(-c2cccc(Br)c2)c(Cl)c1.PPP(P)P. The van der Waals surface area contributed by atoms with Crippen LogP contribution in [0, 0.1) is 0 Å². The normalized spacial score (nSPS) is 10.6. The van der Waals surface area contributed by atoms with Crippen molar-refractivity contribution in [2.24, 2.45) is 0 Å². The predicted octanol–water partition coefficient (Wildman–Crippen LogP) is 6.99. The highest BCUT2D eigenvalue weighted by atomic mass is 79.9. The van der Waals surface area contributed by atoms with Crippen LogP contribution in [-0.2, 0) is 4.74 Å². The number of benzene rings is 2. The molecule has 0 N–H and O–H groups in total. The summed E-state index contributed by atoms with van der Waals surface area (Å²) in [4.78, 5) is 11.4. The molecule has 0 aromatic heterocycles. The Balaban J connectivity index is 0.000000463.